The lowest BCUT2D eigenvalue weighted by Gasteiger charge is -2.27. The Balaban J connectivity index is 1.92. The summed E-state index contributed by atoms with van der Waals surface area (Å²) >= 11 is 3.98. The van der Waals surface area contributed by atoms with Crippen molar-refractivity contribution in [2.75, 3.05) is 18.1 Å². The van der Waals surface area contributed by atoms with Crippen LogP contribution in [0, 0.1) is 0 Å². The SMILES string of the molecule is CCSC(SCC)[C@@H](CC[C@H]1COC(C)(C)O1)OCc1ccccc1. The molecule has 0 radical (unpaired) electrons. The Morgan fingerprint density at radius 2 is 1.84 bits per heavy atom. The first-order valence-corrected chi connectivity index (χ1v) is 11.3. The first kappa shape index (κ1) is 21.1. The van der Waals surface area contributed by atoms with Crippen LogP contribution in [0.1, 0.15) is 46.1 Å². The fraction of sp³-hybridized carbons (Fsp3) is 0.700. The highest BCUT2D eigenvalue weighted by Crippen LogP contribution is 2.33. The molecule has 1 heterocycles. The summed E-state index contributed by atoms with van der Waals surface area (Å²) < 4.78 is 18.5. The molecule has 0 unspecified atom stereocenters. The third kappa shape index (κ3) is 7.51. The molecule has 5 heteroatoms. The molecule has 0 bridgehead atoms. The quantitative estimate of drug-likeness (QED) is 0.480. The molecule has 1 aromatic carbocycles. The fourth-order valence-corrected chi connectivity index (χ4v) is 5.64. The van der Waals surface area contributed by atoms with Gasteiger partial charge in [0.25, 0.3) is 0 Å². The molecule has 0 aliphatic carbocycles. The van der Waals surface area contributed by atoms with Crippen LogP contribution < -0.4 is 0 Å². The predicted octanol–water partition coefficient (Wildman–Crippen LogP) is 5.34. The van der Waals surface area contributed by atoms with Gasteiger partial charge in [-0.05, 0) is 43.8 Å². The Morgan fingerprint density at radius 3 is 2.40 bits per heavy atom. The predicted molar refractivity (Wildman–Crippen MR) is 109 cm³/mol. The number of rotatable bonds is 11. The Morgan fingerprint density at radius 1 is 1.16 bits per heavy atom. The van der Waals surface area contributed by atoms with Gasteiger partial charge in [0, 0.05) is 0 Å². The van der Waals surface area contributed by atoms with Crippen LogP contribution >= 0.6 is 23.5 Å². The molecule has 1 aromatic rings. The largest absolute Gasteiger partial charge is 0.372 e. The number of hydrogen-bond donors (Lipinski definition) is 0. The second kappa shape index (κ2) is 10.8. The standard InChI is InChI=1S/C20H32O3S2/c1-5-24-19(25-6-2)18(21-14-16-10-8-7-9-11-16)13-12-17-15-22-20(3,4)23-17/h7-11,17-19H,5-6,12-15H2,1-4H3/t17-,18+/m0/s1. The summed E-state index contributed by atoms with van der Waals surface area (Å²) in [6, 6.07) is 10.4. The molecular weight excluding hydrogens is 352 g/mol. The second-order valence-corrected chi connectivity index (χ2v) is 9.78. The summed E-state index contributed by atoms with van der Waals surface area (Å²) in [5.41, 5.74) is 1.23. The summed E-state index contributed by atoms with van der Waals surface area (Å²) in [5.74, 6) is 1.78. The normalized spacial score (nSPS) is 20.9. The van der Waals surface area contributed by atoms with Crippen LogP contribution in [0.15, 0.2) is 30.3 Å². The zero-order valence-electron chi connectivity index (χ0n) is 15.9. The van der Waals surface area contributed by atoms with E-state index in [-0.39, 0.29) is 12.2 Å². The summed E-state index contributed by atoms with van der Waals surface area (Å²) in [4.78, 5) is 0. The lowest BCUT2D eigenvalue weighted by atomic mass is 10.1. The average Bonchev–Trinajstić information content (AvgIpc) is 2.95. The van der Waals surface area contributed by atoms with Gasteiger partial charge in [-0.3, -0.25) is 0 Å². The van der Waals surface area contributed by atoms with E-state index in [1.54, 1.807) is 0 Å². The zero-order chi connectivity index (χ0) is 18.1. The van der Waals surface area contributed by atoms with Gasteiger partial charge in [0.1, 0.15) is 0 Å². The molecule has 3 nitrogen and oxygen atoms in total. The van der Waals surface area contributed by atoms with Crippen LogP contribution in [0.2, 0.25) is 0 Å². The summed E-state index contributed by atoms with van der Waals surface area (Å²) in [6.45, 7) is 9.77. The highest BCUT2D eigenvalue weighted by Gasteiger charge is 2.33. The molecule has 0 N–H and O–H groups in total. The van der Waals surface area contributed by atoms with Gasteiger partial charge < -0.3 is 14.2 Å². The fourth-order valence-electron chi connectivity index (χ4n) is 2.92. The first-order valence-electron chi connectivity index (χ1n) is 9.24. The topological polar surface area (TPSA) is 27.7 Å². The Hall–Kier alpha value is -0.200. The number of ether oxygens (including phenoxy) is 3. The van der Waals surface area contributed by atoms with Crippen molar-refractivity contribution in [1.82, 2.24) is 0 Å². The van der Waals surface area contributed by atoms with Gasteiger partial charge in [-0.2, -0.15) is 0 Å². The van der Waals surface area contributed by atoms with Crippen molar-refractivity contribution in [2.45, 2.75) is 69.7 Å². The van der Waals surface area contributed by atoms with Gasteiger partial charge in [-0.25, -0.2) is 0 Å². The van der Waals surface area contributed by atoms with E-state index in [0.29, 0.717) is 17.8 Å². The maximum Gasteiger partial charge on any atom is 0.163 e. The van der Waals surface area contributed by atoms with Crippen LogP contribution in [-0.2, 0) is 20.8 Å². The van der Waals surface area contributed by atoms with Crippen molar-refractivity contribution in [3.8, 4) is 0 Å². The first-order chi connectivity index (χ1) is 12.0. The summed E-state index contributed by atoms with van der Waals surface area (Å²) in [6.07, 6.45) is 2.38. The van der Waals surface area contributed by atoms with Crippen molar-refractivity contribution < 1.29 is 14.2 Å². The van der Waals surface area contributed by atoms with Gasteiger partial charge in [0.05, 0.1) is 30.0 Å². The molecule has 1 fully saturated rings. The number of hydrogen-bond acceptors (Lipinski definition) is 5. The second-order valence-electron chi connectivity index (χ2n) is 6.64. The van der Waals surface area contributed by atoms with E-state index in [1.165, 1.54) is 5.56 Å². The van der Waals surface area contributed by atoms with Crippen molar-refractivity contribution in [3.05, 3.63) is 35.9 Å². The Labute approximate surface area is 161 Å². The molecule has 1 saturated heterocycles. The summed E-state index contributed by atoms with van der Waals surface area (Å²) in [5, 5.41) is 0. The monoisotopic (exact) mass is 384 g/mol. The van der Waals surface area contributed by atoms with E-state index in [4.69, 9.17) is 14.2 Å². The molecule has 1 aliphatic rings. The van der Waals surface area contributed by atoms with E-state index < -0.39 is 5.79 Å². The number of benzene rings is 1. The van der Waals surface area contributed by atoms with E-state index in [1.807, 2.05) is 43.4 Å². The molecular formula is C20H32O3S2. The third-order valence-corrected chi connectivity index (χ3v) is 6.86. The molecule has 2 atom stereocenters. The van der Waals surface area contributed by atoms with Crippen molar-refractivity contribution in [1.29, 1.82) is 0 Å². The van der Waals surface area contributed by atoms with Crippen LogP contribution in [0.5, 0.6) is 0 Å². The highest BCUT2D eigenvalue weighted by molar-refractivity contribution is 8.17. The van der Waals surface area contributed by atoms with Crippen LogP contribution in [0.3, 0.4) is 0 Å². The maximum atomic E-state index is 6.37. The minimum Gasteiger partial charge on any atom is -0.372 e. The van der Waals surface area contributed by atoms with Crippen LogP contribution in [0.4, 0.5) is 0 Å². The van der Waals surface area contributed by atoms with Gasteiger partial charge in [0.15, 0.2) is 5.79 Å². The van der Waals surface area contributed by atoms with E-state index >= 15 is 0 Å². The molecule has 25 heavy (non-hydrogen) atoms. The van der Waals surface area contributed by atoms with E-state index in [0.717, 1.165) is 24.3 Å². The van der Waals surface area contributed by atoms with E-state index in [2.05, 4.69) is 38.1 Å². The Bertz CT molecular complexity index is 475. The van der Waals surface area contributed by atoms with Gasteiger partial charge >= 0.3 is 0 Å². The molecule has 0 saturated carbocycles. The average molecular weight is 385 g/mol. The van der Waals surface area contributed by atoms with E-state index in [9.17, 15) is 0 Å². The maximum absolute atomic E-state index is 6.37. The molecule has 0 amide bonds. The summed E-state index contributed by atoms with van der Waals surface area (Å²) in [7, 11) is 0. The molecule has 1 aliphatic heterocycles. The van der Waals surface area contributed by atoms with Crippen LogP contribution in [-0.4, -0.2) is 40.7 Å². The van der Waals surface area contributed by atoms with Gasteiger partial charge in [0.2, 0.25) is 0 Å². The molecule has 0 aromatic heterocycles. The smallest absolute Gasteiger partial charge is 0.163 e. The third-order valence-electron chi connectivity index (χ3n) is 4.11. The van der Waals surface area contributed by atoms with Crippen LogP contribution in [0.25, 0.3) is 0 Å². The minimum atomic E-state index is -0.444. The highest BCUT2D eigenvalue weighted by atomic mass is 32.2. The lowest BCUT2D eigenvalue weighted by Crippen LogP contribution is -2.27. The lowest BCUT2D eigenvalue weighted by molar-refractivity contribution is -0.139. The van der Waals surface area contributed by atoms with Crippen molar-refractivity contribution in [2.24, 2.45) is 0 Å². The molecule has 142 valence electrons. The van der Waals surface area contributed by atoms with Crippen molar-refractivity contribution in [3.63, 3.8) is 0 Å². The molecule has 2 rings (SSSR count). The minimum absolute atomic E-state index is 0.178. The van der Waals surface area contributed by atoms with Gasteiger partial charge in [-0.1, -0.05) is 44.2 Å². The van der Waals surface area contributed by atoms with Crippen molar-refractivity contribution >= 4 is 23.5 Å². The number of thioether (sulfide) groups is 2. The Kier molecular flexibility index (Phi) is 9.14. The molecule has 0 spiro atoms. The van der Waals surface area contributed by atoms with Gasteiger partial charge in [-0.15, -0.1) is 23.5 Å². The zero-order valence-corrected chi connectivity index (χ0v) is 17.5.